The molecule has 0 bridgehead atoms. The summed E-state index contributed by atoms with van der Waals surface area (Å²) >= 11 is 0. The molecule has 170 valence electrons. The molecular formula is C24H22F3N5O. The number of alkyl halides is 3. The van der Waals surface area contributed by atoms with Crippen molar-refractivity contribution in [2.24, 2.45) is 0 Å². The first kappa shape index (κ1) is 21.4. The zero-order chi connectivity index (χ0) is 23.0. The average molecular weight is 453 g/mol. The molecule has 0 amide bonds. The Morgan fingerprint density at radius 1 is 0.939 bits per heavy atom. The van der Waals surface area contributed by atoms with Gasteiger partial charge >= 0.3 is 6.18 Å². The Bertz CT molecular complexity index is 1330. The van der Waals surface area contributed by atoms with Gasteiger partial charge in [0.25, 0.3) is 5.56 Å². The number of rotatable bonds is 5. The van der Waals surface area contributed by atoms with Crippen molar-refractivity contribution in [1.29, 1.82) is 0 Å². The van der Waals surface area contributed by atoms with Crippen LogP contribution in [0, 0.1) is 0 Å². The number of fused-ring (bicyclic) bond motifs is 1. The van der Waals surface area contributed by atoms with Crippen LogP contribution >= 0.6 is 0 Å². The molecule has 3 aromatic heterocycles. The average Bonchev–Trinajstić information content (AvgIpc) is 3.46. The number of hydrogen-bond acceptors (Lipinski definition) is 4. The Kier molecular flexibility index (Phi) is 5.49. The van der Waals surface area contributed by atoms with Crippen molar-refractivity contribution in [3.8, 4) is 16.9 Å². The summed E-state index contributed by atoms with van der Waals surface area (Å²) in [5, 5.41) is 5.45. The van der Waals surface area contributed by atoms with Crippen molar-refractivity contribution in [3.05, 3.63) is 77.0 Å². The number of hydrogen-bond donors (Lipinski definition) is 0. The van der Waals surface area contributed by atoms with E-state index in [-0.39, 0.29) is 5.56 Å². The molecule has 0 unspecified atom stereocenters. The number of halogens is 3. The van der Waals surface area contributed by atoms with Crippen LogP contribution in [-0.4, -0.2) is 43.9 Å². The predicted octanol–water partition coefficient (Wildman–Crippen LogP) is 4.36. The molecule has 4 heterocycles. The molecular weight excluding hydrogens is 431 g/mol. The fourth-order valence-corrected chi connectivity index (χ4v) is 4.23. The summed E-state index contributed by atoms with van der Waals surface area (Å²) in [6, 6.07) is 11.0. The van der Waals surface area contributed by atoms with E-state index in [1.165, 1.54) is 29.5 Å². The SMILES string of the molecule is O=c1cc(-c2ccc(C(F)(F)F)cn2)ccn1-c1ccc2c(cnn2CCN2CCCC2)c1. The largest absolute Gasteiger partial charge is 0.417 e. The number of aromatic nitrogens is 4. The molecule has 9 heteroatoms. The fraction of sp³-hybridized carbons (Fsp3) is 0.292. The second-order valence-corrected chi connectivity index (χ2v) is 8.21. The lowest BCUT2D eigenvalue weighted by Crippen LogP contribution is -2.24. The topological polar surface area (TPSA) is 56.0 Å². The van der Waals surface area contributed by atoms with E-state index in [1.807, 2.05) is 22.9 Å². The maximum atomic E-state index is 12.8. The smallest absolute Gasteiger partial charge is 0.301 e. The molecule has 0 atom stereocenters. The Morgan fingerprint density at radius 2 is 1.76 bits per heavy atom. The first-order valence-electron chi connectivity index (χ1n) is 10.8. The summed E-state index contributed by atoms with van der Waals surface area (Å²) in [6.45, 7) is 4.07. The molecule has 33 heavy (non-hydrogen) atoms. The second kappa shape index (κ2) is 8.47. The van der Waals surface area contributed by atoms with E-state index in [1.54, 1.807) is 18.5 Å². The molecule has 0 spiro atoms. The van der Waals surface area contributed by atoms with Crippen molar-refractivity contribution >= 4 is 10.9 Å². The van der Waals surface area contributed by atoms with Gasteiger partial charge in [-0.05, 0) is 62.3 Å². The zero-order valence-corrected chi connectivity index (χ0v) is 17.8. The highest BCUT2D eigenvalue weighted by Crippen LogP contribution is 2.29. The molecule has 1 aliphatic rings. The van der Waals surface area contributed by atoms with E-state index in [0.717, 1.165) is 49.3 Å². The van der Waals surface area contributed by atoms with Crippen LogP contribution in [0.25, 0.3) is 27.8 Å². The van der Waals surface area contributed by atoms with Crippen molar-refractivity contribution in [3.63, 3.8) is 0 Å². The van der Waals surface area contributed by atoms with Crippen LogP contribution in [0.4, 0.5) is 13.2 Å². The number of likely N-dealkylation sites (tertiary alicyclic amines) is 1. The third kappa shape index (κ3) is 4.41. The lowest BCUT2D eigenvalue weighted by molar-refractivity contribution is -0.137. The highest BCUT2D eigenvalue weighted by Gasteiger charge is 2.30. The van der Waals surface area contributed by atoms with Gasteiger partial charge < -0.3 is 4.90 Å². The first-order valence-corrected chi connectivity index (χ1v) is 10.8. The van der Waals surface area contributed by atoms with E-state index >= 15 is 0 Å². The third-order valence-corrected chi connectivity index (χ3v) is 6.04. The predicted molar refractivity (Wildman–Crippen MR) is 119 cm³/mol. The van der Waals surface area contributed by atoms with E-state index < -0.39 is 11.7 Å². The zero-order valence-electron chi connectivity index (χ0n) is 17.8. The molecule has 1 fully saturated rings. The number of nitrogens with zero attached hydrogens (tertiary/aromatic N) is 5. The summed E-state index contributed by atoms with van der Waals surface area (Å²) < 4.78 is 41.7. The summed E-state index contributed by atoms with van der Waals surface area (Å²) in [6.07, 6.45) is 2.24. The van der Waals surface area contributed by atoms with Gasteiger partial charge in [-0.25, -0.2) is 0 Å². The molecule has 0 radical (unpaired) electrons. The first-order chi connectivity index (χ1) is 15.9. The molecule has 1 aromatic carbocycles. The van der Waals surface area contributed by atoms with Gasteiger partial charge in [0, 0.05) is 41.6 Å². The molecule has 0 N–H and O–H groups in total. The van der Waals surface area contributed by atoms with Crippen molar-refractivity contribution < 1.29 is 13.2 Å². The van der Waals surface area contributed by atoms with Crippen molar-refractivity contribution in [1.82, 2.24) is 24.2 Å². The quantitative estimate of drug-likeness (QED) is 0.451. The minimum absolute atomic E-state index is 0.296. The molecule has 6 nitrogen and oxygen atoms in total. The van der Waals surface area contributed by atoms with Gasteiger partial charge in [-0.3, -0.25) is 19.0 Å². The summed E-state index contributed by atoms with van der Waals surface area (Å²) in [5.41, 5.74) is 1.35. The van der Waals surface area contributed by atoms with Gasteiger partial charge in [0.1, 0.15) is 0 Å². The van der Waals surface area contributed by atoms with Gasteiger partial charge in [0.15, 0.2) is 0 Å². The van der Waals surface area contributed by atoms with Crippen LogP contribution in [0.1, 0.15) is 18.4 Å². The number of pyridine rings is 2. The molecule has 1 aliphatic heterocycles. The van der Waals surface area contributed by atoms with Crippen molar-refractivity contribution in [2.45, 2.75) is 25.6 Å². The van der Waals surface area contributed by atoms with Gasteiger partial charge in [-0.15, -0.1) is 0 Å². The normalized spacial score (nSPS) is 14.9. The van der Waals surface area contributed by atoms with Crippen molar-refractivity contribution in [2.75, 3.05) is 19.6 Å². The molecule has 0 saturated carbocycles. The molecule has 0 aliphatic carbocycles. The standard InChI is InChI=1S/C24H22F3N5O/c25-24(26,27)19-3-5-21(28-16-19)17-7-10-31(23(33)14-17)20-4-6-22-18(13-20)15-29-32(22)12-11-30-8-1-2-9-30/h3-7,10,13-16H,1-2,8-9,11-12H2. The number of benzene rings is 1. The highest BCUT2D eigenvalue weighted by atomic mass is 19.4. The Morgan fingerprint density at radius 3 is 2.45 bits per heavy atom. The molecule has 4 aromatic rings. The fourth-order valence-electron chi connectivity index (χ4n) is 4.23. The van der Waals surface area contributed by atoms with Crippen LogP contribution in [0.2, 0.25) is 0 Å². The lowest BCUT2D eigenvalue weighted by Gasteiger charge is -2.14. The van der Waals surface area contributed by atoms with Crippen LogP contribution in [0.15, 0.2) is 65.8 Å². The third-order valence-electron chi connectivity index (χ3n) is 6.04. The van der Waals surface area contributed by atoms with Crippen LogP contribution in [0.3, 0.4) is 0 Å². The Balaban J connectivity index is 1.37. The van der Waals surface area contributed by atoms with Crippen LogP contribution in [-0.2, 0) is 12.7 Å². The Hall–Kier alpha value is -3.46. The van der Waals surface area contributed by atoms with Gasteiger partial charge in [0.05, 0.1) is 29.5 Å². The maximum Gasteiger partial charge on any atom is 0.417 e. The van der Waals surface area contributed by atoms with Crippen LogP contribution < -0.4 is 5.56 Å². The van der Waals surface area contributed by atoms with E-state index in [9.17, 15) is 18.0 Å². The highest BCUT2D eigenvalue weighted by molar-refractivity contribution is 5.81. The van der Waals surface area contributed by atoms with Gasteiger partial charge in [-0.1, -0.05) is 0 Å². The Labute approximate surface area is 187 Å². The van der Waals surface area contributed by atoms with E-state index in [2.05, 4.69) is 15.0 Å². The monoisotopic (exact) mass is 453 g/mol. The van der Waals surface area contributed by atoms with E-state index in [0.29, 0.717) is 16.9 Å². The van der Waals surface area contributed by atoms with Gasteiger partial charge in [-0.2, -0.15) is 18.3 Å². The summed E-state index contributed by atoms with van der Waals surface area (Å²) in [7, 11) is 0. The lowest BCUT2D eigenvalue weighted by atomic mass is 10.1. The summed E-state index contributed by atoms with van der Waals surface area (Å²) in [4.78, 5) is 19.1. The van der Waals surface area contributed by atoms with Gasteiger partial charge in [0.2, 0.25) is 0 Å². The van der Waals surface area contributed by atoms with Crippen LogP contribution in [0.5, 0.6) is 0 Å². The summed E-state index contributed by atoms with van der Waals surface area (Å²) in [5.74, 6) is 0. The minimum Gasteiger partial charge on any atom is -0.301 e. The minimum atomic E-state index is -4.45. The molecule has 1 saturated heterocycles. The van der Waals surface area contributed by atoms with E-state index in [4.69, 9.17) is 0 Å². The molecule has 5 rings (SSSR count). The maximum absolute atomic E-state index is 12.8. The second-order valence-electron chi connectivity index (χ2n) is 8.21.